The molecule has 0 aliphatic carbocycles. The molecule has 5 aromatic rings. The minimum Gasteiger partial charge on any atom is -0.290 e. The maximum atomic E-state index is 14.3. The number of fused-ring (bicyclic) bond motifs is 2. The molecule has 0 bridgehead atoms. The zero-order valence-corrected chi connectivity index (χ0v) is 20.1. The Balaban J connectivity index is 1.68. The average Bonchev–Trinajstić information content (AvgIpc) is 3.35. The molecule has 210 valence electrons. The van der Waals surface area contributed by atoms with Gasteiger partial charge in [0.15, 0.2) is 17.1 Å². The number of hydrogen-bond donors (Lipinski definition) is 1. The van der Waals surface area contributed by atoms with E-state index < -0.39 is 61.0 Å². The smallest absolute Gasteiger partial charge is 0.290 e. The van der Waals surface area contributed by atoms with E-state index in [4.69, 9.17) is 0 Å². The molecule has 1 N–H and O–H groups in total. The molecule has 40 heavy (non-hydrogen) atoms. The number of pyridine rings is 1. The van der Waals surface area contributed by atoms with Gasteiger partial charge in [-0.1, -0.05) is 18.2 Å². The fourth-order valence-electron chi connectivity index (χ4n) is 4.31. The summed E-state index contributed by atoms with van der Waals surface area (Å²) in [7, 11) is 0. The molecule has 1 aromatic carbocycles. The van der Waals surface area contributed by atoms with Gasteiger partial charge >= 0.3 is 18.0 Å². The molecule has 0 radical (unpaired) electrons. The zero-order valence-electron chi connectivity index (χ0n) is 20.1. The molecule has 0 saturated heterocycles. The Morgan fingerprint density at radius 2 is 1.73 bits per heavy atom. The molecule has 0 aliphatic rings. The van der Waals surface area contributed by atoms with Crippen LogP contribution in [0, 0.1) is 11.6 Å². The van der Waals surface area contributed by atoms with E-state index in [1.54, 1.807) is 6.07 Å². The van der Waals surface area contributed by atoms with Crippen LogP contribution in [-0.2, 0) is 19.5 Å². The van der Waals surface area contributed by atoms with Gasteiger partial charge < -0.3 is 0 Å². The Bertz CT molecular complexity index is 1770. The third kappa shape index (κ3) is 5.65. The van der Waals surface area contributed by atoms with Crippen molar-refractivity contribution in [2.24, 2.45) is 0 Å². The first-order valence-electron chi connectivity index (χ1n) is 11.7. The van der Waals surface area contributed by atoms with E-state index in [0.29, 0.717) is 4.57 Å². The maximum Gasteiger partial charge on any atom is 0.406 e. The van der Waals surface area contributed by atoms with Crippen LogP contribution in [0.4, 0.5) is 35.1 Å². The molecule has 0 saturated carbocycles. The number of aryl methyl sites for hydroxylation is 1. The van der Waals surface area contributed by atoms with Crippen molar-refractivity contribution in [2.45, 2.75) is 44.7 Å². The molecular weight excluding hydrogens is 554 g/mol. The Hall–Kier alpha value is -4.37. The molecule has 0 spiro atoms. The second-order valence-corrected chi connectivity index (χ2v) is 8.91. The summed E-state index contributed by atoms with van der Waals surface area (Å²) in [4.78, 5) is 26.9. The number of aromatic nitrogens is 7. The lowest BCUT2D eigenvalue weighted by Gasteiger charge is -2.11. The zero-order chi connectivity index (χ0) is 28.8. The first kappa shape index (κ1) is 27.2. The number of hydrogen-bond acceptors (Lipinski definition) is 5. The van der Waals surface area contributed by atoms with Crippen LogP contribution in [0.15, 0.2) is 41.3 Å². The predicted molar refractivity (Wildman–Crippen MR) is 125 cm³/mol. The minimum absolute atomic E-state index is 0.0500. The van der Waals surface area contributed by atoms with E-state index in [1.807, 2.05) is 0 Å². The first-order chi connectivity index (χ1) is 18.8. The summed E-state index contributed by atoms with van der Waals surface area (Å²) in [5.41, 5.74) is -2.07. The summed E-state index contributed by atoms with van der Waals surface area (Å²) in [5, 5.41) is 4.38. The number of halogens is 8. The monoisotopic (exact) mass is 571 g/mol. The number of benzene rings is 1. The summed E-state index contributed by atoms with van der Waals surface area (Å²) < 4.78 is 108. The van der Waals surface area contributed by atoms with Crippen LogP contribution < -0.4 is 5.69 Å². The molecule has 8 nitrogen and oxygen atoms in total. The second kappa shape index (κ2) is 9.98. The van der Waals surface area contributed by atoms with Crippen molar-refractivity contribution < 1.29 is 35.1 Å². The van der Waals surface area contributed by atoms with Crippen molar-refractivity contribution >= 4 is 22.2 Å². The van der Waals surface area contributed by atoms with Crippen molar-refractivity contribution in [3.63, 3.8) is 0 Å². The first-order valence-corrected chi connectivity index (χ1v) is 11.7. The standard InChI is InChI=1S/C24H17F8N7O/c25-13-8-14-17(37-39(21(14)33-9-13)10-12-4-1-2-5-15(12)26)19-34-16(6-3-7-23(27,28)29)18-20(35-19)36-22(40)38(18)11-24(30,31)32/h1-2,4-5,8-9H,3,6-7,10-11H2,(H,34,35,36,40). The highest BCUT2D eigenvalue weighted by Gasteiger charge is 2.32. The normalized spacial score (nSPS) is 12.6. The topological polar surface area (TPSA) is 94.3 Å². The molecule has 16 heteroatoms. The molecule has 4 aromatic heterocycles. The Labute approximate surface area is 218 Å². The quantitative estimate of drug-likeness (QED) is 0.268. The van der Waals surface area contributed by atoms with E-state index >= 15 is 0 Å². The number of nitrogens with one attached hydrogen (secondary N) is 1. The lowest BCUT2D eigenvalue weighted by Crippen LogP contribution is -2.26. The molecule has 0 fully saturated rings. The van der Waals surface area contributed by atoms with E-state index in [9.17, 15) is 39.9 Å². The fraction of sp³-hybridized carbons (Fsp3) is 0.292. The lowest BCUT2D eigenvalue weighted by molar-refractivity contribution is -0.140. The van der Waals surface area contributed by atoms with E-state index in [-0.39, 0.29) is 46.0 Å². The third-order valence-electron chi connectivity index (χ3n) is 5.95. The number of rotatable bonds is 7. The molecule has 0 aliphatic heterocycles. The lowest BCUT2D eigenvalue weighted by atomic mass is 10.1. The maximum absolute atomic E-state index is 14.3. The van der Waals surface area contributed by atoms with Gasteiger partial charge in [-0.15, -0.1) is 0 Å². The summed E-state index contributed by atoms with van der Waals surface area (Å²) in [5.74, 6) is -1.64. The summed E-state index contributed by atoms with van der Waals surface area (Å²) in [6, 6.07) is 6.82. The van der Waals surface area contributed by atoms with Crippen LogP contribution in [0.5, 0.6) is 0 Å². The second-order valence-electron chi connectivity index (χ2n) is 8.91. The average molecular weight is 571 g/mol. The molecule has 0 atom stereocenters. The highest BCUT2D eigenvalue weighted by atomic mass is 19.4. The molecule has 4 heterocycles. The van der Waals surface area contributed by atoms with Crippen molar-refractivity contribution in [1.29, 1.82) is 0 Å². The van der Waals surface area contributed by atoms with Gasteiger partial charge in [-0.25, -0.2) is 33.2 Å². The Morgan fingerprint density at radius 3 is 2.42 bits per heavy atom. The van der Waals surface area contributed by atoms with Crippen LogP contribution in [0.25, 0.3) is 33.7 Å². The number of aromatic amines is 1. The highest BCUT2D eigenvalue weighted by Crippen LogP contribution is 2.30. The van der Waals surface area contributed by atoms with E-state index in [2.05, 4.69) is 25.0 Å². The van der Waals surface area contributed by atoms with Crippen molar-refractivity contribution in [1.82, 2.24) is 34.3 Å². The van der Waals surface area contributed by atoms with Gasteiger partial charge in [0, 0.05) is 12.0 Å². The van der Waals surface area contributed by atoms with E-state index in [1.165, 1.54) is 22.9 Å². The Morgan fingerprint density at radius 1 is 0.975 bits per heavy atom. The summed E-state index contributed by atoms with van der Waals surface area (Å²) in [6.07, 6.45) is -10.7. The van der Waals surface area contributed by atoms with Gasteiger partial charge in [0.25, 0.3) is 0 Å². The van der Waals surface area contributed by atoms with E-state index in [0.717, 1.165) is 12.3 Å². The third-order valence-corrected chi connectivity index (χ3v) is 5.95. The summed E-state index contributed by atoms with van der Waals surface area (Å²) >= 11 is 0. The van der Waals surface area contributed by atoms with Crippen LogP contribution in [0.2, 0.25) is 0 Å². The van der Waals surface area contributed by atoms with Gasteiger partial charge in [-0.3, -0.25) is 9.55 Å². The van der Waals surface area contributed by atoms with Gasteiger partial charge in [0.1, 0.15) is 29.4 Å². The minimum atomic E-state index is -4.83. The van der Waals surface area contributed by atoms with Gasteiger partial charge in [-0.05, 0) is 25.0 Å². The number of alkyl halides is 6. The van der Waals surface area contributed by atoms with Crippen molar-refractivity contribution in [2.75, 3.05) is 0 Å². The molecule has 5 rings (SSSR count). The van der Waals surface area contributed by atoms with Crippen molar-refractivity contribution in [3.8, 4) is 11.5 Å². The van der Waals surface area contributed by atoms with Crippen LogP contribution in [0.1, 0.15) is 24.1 Å². The molecule has 0 amide bonds. The summed E-state index contributed by atoms with van der Waals surface area (Å²) in [6.45, 7) is -1.88. The van der Waals surface area contributed by atoms with Gasteiger partial charge in [-0.2, -0.15) is 31.4 Å². The Kier molecular flexibility index (Phi) is 6.79. The molecule has 0 unspecified atom stereocenters. The largest absolute Gasteiger partial charge is 0.406 e. The van der Waals surface area contributed by atoms with Crippen LogP contribution in [-0.4, -0.2) is 46.6 Å². The highest BCUT2D eigenvalue weighted by molar-refractivity contribution is 5.90. The van der Waals surface area contributed by atoms with Gasteiger partial charge in [0.05, 0.1) is 23.8 Å². The molecular formula is C24H17F8N7O. The number of nitrogens with zero attached hydrogens (tertiary/aromatic N) is 6. The number of H-pyrrole nitrogens is 1. The number of imidazole rings is 1. The van der Waals surface area contributed by atoms with Gasteiger partial charge in [0.2, 0.25) is 0 Å². The van der Waals surface area contributed by atoms with Crippen molar-refractivity contribution in [3.05, 3.63) is 69.9 Å². The van der Waals surface area contributed by atoms with Crippen LogP contribution >= 0.6 is 0 Å². The van der Waals surface area contributed by atoms with Crippen LogP contribution in [0.3, 0.4) is 0 Å². The SMILES string of the molecule is O=c1[nH]c2nc(-c3nn(Cc4ccccc4F)c4ncc(F)cc34)nc(CCCC(F)(F)F)c2n1CC(F)(F)F. The predicted octanol–water partition coefficient (Wildman–Crippen LogP) is 5.31. The fourth-order valence-corrected chi connectivity index (χ4v) is 4.31.